The maximum absolute atomic E-state index is 12.4. The summed E-state index contributed by atoms with van der Waals surface area (Å²) < 4.78 is 26.1. The summed E-state index contributed by atoms with van der Waals surface area (Å²) in [5, 5.41) is 0. The second-order valence-electron chi connectivity index (χ2n) is 4.74. The van der Waals surface area contributed by atoms with Gasteiger partial charge < -0.3 is 4.90 Å². The molecule has 1 aliphatic heterocycles. The van der Waals surface area contributed by atoms with Crippen LogP contribution in [0.2, 0.25) is 0 Å². The molecular weight excluding hydrogens is 300 g/mol. The summed E-state index contributed by atoms with van der Waals surface area (Å²) >= 11 is 5.65. The van der Waals surface area contributed by atoms with Crippen LogP contribution in [0.5, 0.6) is 0 Å². The summed E-state index contributed by atoms with van der Waals surface area (Å²) in [6.45, 7) is 0.651. The molecule has 0 N–H and O–H groups in total. The fraction of sp³-hybridized carbons (Fsp3) is 0.462. The minimum atomic E-state index is -3.60. The van der Waals surface area contributed by atoms with Gasteiger partial charge in [0.2, 0.25) is 15.9 Å². The Labute approximate surface area is 124 Å². The number of nitrogens with zero attached hydrogens (tertiary/aromatic N) is 2. The van der Waals surface area contributed by atoms with Crippen molar-refractivity contribution in [3.63, 3.8) is 0 Å². The van der Waals surface area contributed by atoms with Crippen molar-refractivity contribution in [3.05, 3.63) is 29.8 Å². The van der Waals surface area contributed by atoms with Gasteiger partial charge in [-0.15, -0.1) is 11.6 Å². The number of carbonyl (C=O) groups excluding carboxylic acids is 1. The van der Waals surface area contributed by atoms with Gasteiger partial charge >= 0.3 is 0 Å². The zero-order chi connectivity index (χ0) is 14.8. The quantitative estimate of drug-likeness (QED) is 0.777. The van der Waals surface area contributed by atoms with E-state index in [1.165, 1.54) is 9.21 Å². The Bertz CT molecular complexity index is 586. The highest BCUT2D eigenvalue weighted by atomic mass is 35.5. The summed E-state index contributed by atoms with van der Waals surface area (Å²) in [5.74, 6) is 0.317. The van der Waals surface area contributed by atoms with Crippen LogP contribution in [0, 0.1) is 0 Å². The molecule has 0 bridgehead atoms. The molecule has 7 heteroatoms. The van der Waals surface area contributed by atoms with E-state index in [4.69, 9.17) is 11.6 Å². The van der Waals surface area contributed by atoms with Crippen LogP contribution in [-0.4, -0.2) is 56.1 Å². The summed E-state index contributed by atoms with van der Waals surface area (Å²) in [6, 6.07) is 6.65. The Morgan fingerprint density at radius 1 is 1.20 bits per heavy atom. The van der Waals surface area contributed by atoms with Gasteiger partial charge in [-0.25, -0.2) is 8.42 Å². The number of carbonyl (C=O) groups is 1. The summed E-state index contributed by atoms with van der Waals surface area (Å²) in [7, 11) is -1.92. The average molecular weight is 317 g/mol. The van der Waals surface area contributed by atoms with Crippen LogP contribution in [0.3, 0.4) is 0 Å². The molecular formula is C13H17ClN2O3S. The SMILES string of the molecule is CN1CCN(S(=O)(=O)c2ccc(CCCl)cc2)CC1=O. The highest BCUT2D eigenvalue weighted by Gasteiger charge is 2.31. The number of halogens is 1. The van der Waals surface area contributed by atoms with Crippen molar-refractivity contribution in [2.45, 2.75) is 11.3 Å². The van der Waals surface area contributed by atoms with Gasteiger partial charge in [0.25, 0.3) is 0 Å². The topological polar surface area (TPSA) is 57.7 Å². The maximum Gasteiger partial charge on any atom is 0.243 e. The van der Waals surface area contributed by atoms with Gasteiger partial charge in [-0.1, -0.05) is 12.1 Å². The minimum absolute atomic E-state index is 0.0950. The van der Waals surface area contributed by atoms with E-state index in [1.54, 1.807) is 31.3 Å². The van der Waals surface area contributed by atoms with Crippen molar-refractivity contribution < 1.29 is 13.2 Å². The molecule has 0 radical (unpaired) electrons. The van der Waals surface area contributed by atoms with Crippen LogP contribution in [0.15, 0.2) is 29.2 Å². The molecule has 1 saturated heterocycles. The molecule has 0 atom stereocenters. The molecule has 0 saturated carbocycles. The smallest absolute Gasteiger partial charge is 0.243 e. The molecule has 1 aliphatic rings. The van der Waals surface area contributed by atoms with Crippen LogP contribution in [0.4, 0.5) is 0 Å². The van der Waals surface area contributed by atoms with E-state index in [1.807, 2.05) is 0 Å². The van der Waals surface area contributed by atoms with E-state index >= 15 is 0 Å². The zero-order valence-corrected chi connectivity index (χ0v) is 12.8. The third kappa shape index (κ3) is 3.13. The van der Waals surface area contributed by atoms with Crippen molar-refractivity contribution in [3.8, 4) is 0 Å². The Kier molecular flexibility index (Phi) is 4.67. The number of likely N-dealkylation sites (N-methyl/N-ethyl adjacent to an activating group) is 1. The van der Waals surface area contributed by atoms with Crippen molar-refractivity contribution >= 4 is 27.5 Å². The first-order chi connectivity index (χ1) is 9.45. The highest BCUT2D eigenvalue weighted by Crippen LogP contribution is 2.18. The van der Waals surface area contributed by atoms with E-state index in [0.29, 0.717) is 25.4 Å². The number of piperazine rings is 1. The van der Waals surface area contributed by atoms with Crippen molar-refractivity contribution in [1.29, 1.82) is 0 Å². The third-order valence-electron chi connectivity index (χ3n) is 3.37. The molecule has 20 heavy (non-hydrogen) atoms. The molecule has 1 aromatic rings. The lowest BCUT2D eigenvalue weighted by Gasteiger charge is -2.31. The first-order valence-corrected chi connectivity index (χ1v) is 8.31. The maximum atomic E-state index is 12.4. The van der Waals surface area contributed by atoms with E-state index in [2.05, 4.69) is 0 Å². The van der Waals surface area contributed by atoms with Gasteiger partial charge in [-0.05, 0) is 24.1 Å². The summed E-state index contributed by atoms with van der Waals surface area (Å²) in [4.78, 5) is 13.4. The van der Waals surface area contributed by atoms with Gasteiger partial charge in [0.1, 0.15) is 0 Å². The Balaban J connectivity index is 2.19. The standard InChI is InChI=1S/C13H17ClN2O3S/c1-15-8-9-16(10-13(15)17)20(18,19)12-4-2-11(3-5-12)6-7-14/h2-5H,6-10H2,1H3. The van der Waals surface area contributed by atoms with Crippen LogP contribution in [-0.2, 0) is 21.2 Å². The molecule has 0 spiro atoms. The zero-order valence-electron chi connectivity index (χ0n) is 11.3. The first kappa shape index (κ1) is 15.3. The molecule has 1 aromatic carbocycles. The third-order valence-corrected chi connectivity index (χ3v) is 5.41. The van der Waals surface area contributed by atoms with Gasteiger partial charge in [-0.2, -0.15) is 4.31 Å². The largest absolute Gasteiger partial charge is 0.343 e. The molecule has 1 amide bonds. The number of benzene rings is 1. The predicted octanol–water partition coefficient (Wildman–Crippen LogP) is 0.931. The molecule has 1 fully saturated rings. The number of aryl methyl sites for hydroxylation is 1. The van der Waals surface area contributed by atoms with Crippen LogP contribution in [0.25, 0.3) is 0 Å². The average Bonchev–Trinajstić information content (AvgIpc) is 2.43. The minimum Gasteiger partial charge on any atom is -0.343 e. The highest BCUT2D eigenvalue weighted by molar-refractivity contribution is 7.89. The number of hydrogen-bond donors (Lipinski definition) is 0. The Hall–Kier alpha value is -1.11. The van der Waals surface area contributed by atoms with Gasteiger partial charge in [0.15, 0.2) is 0 Å². The number of hydrogen-bond acceptors (Lipinski definition) is 3. The van der Waals surface area contributed by atoms with E-state index in [9.17, 15) is 13.2 Å². The van der Waals surface area contributed by atoms with Gasteiger partial charge in [0, 0.05) is 26.0 Å². The second-order valence-corrected chi connectivity index (χ2v) is 7.05. The number of amides is 1. The summed E-state index contributed by atoms with van der Waals surface area (Å²) in [5.41, 5.74) is 0.994. The van der Waals surface area contributed by atoms with Crippen molar-refractivity contribution in [1.82, 2.24) is 9.21 Å². The van der Waals surface area contributed by atoms with E-state index in [-0.39, 0.29) is 17.3 Å². The Morgan fingerprint density at radius 2 is 1.85 bits per heavy atom. The molecule has 0 unspecified atom stereocenters. The number of rotatable bonds is 4. The van der Waals surface area contributed by atoms with E-state index < -0.39 is 10.0 Å². The lowest BCUT2D eigenvalue weighted by atomic mass is 10.2. The van der Waals surface area contributed by atoms with Crippen LogP contribution in [0.1, 0.15) is 5.56 Å². The predicted molar refractivity (Wildman–Crippen MR) is 77.3 cm³/mol. The first-order valence-electron chi connectivity index (χ1n) is 6.34. The van der Waals surface area contributed by atoms with Crippen LogP contribution >= 0.6 is 11.6 Å². The normalized spacial score (nSPS) is 17.5. The fourth-order valence-corrected chi connectivity index (χ4v) is 3.63. The molecule has 5 nitrogen and oxygen atoms in total. The van der Waals surface area contributed by atoms with Gasteiger partial charge in [-0.3, -0.25) is 4.79 Å². The lowest BCUT2D eigenvalue weighted by Crippen LogP contribution is -2.50. The van der Waals surface area contributed by atoms with Crippen molar-refractivity contribution in [2.24, 2.45) is 0 Å². The Morgan fingerprint density at radius 3 is 2.40 bits per heavy atom. The lowest BCUT2D eigenvalue weighted by molar-refractivity contribution is -0.132. The number of sulfonamides is 1. The summed E-state index contributed by atoms with van der Waals surface area (Å²) in [6.07, 6.45) is 0.703. The molecule has 110 valence electrons. The molecule has 2 rings (SSSR count). The monoisotopic (exact) mass is 316 g/mol. The second kappa shape index (κ2) is 6.11. The fourth-order valence-electron chi connectivity index (χ4n) is 2.03. The molecule has 0 aliphatic carbocycles. The van der Waals surface area contributed by atoms with E-state index in [0.717, 1.165) is 5.56 Å². The van der Waals surface area contributed by atoms with Crippen molar-refractivity contribution in [2.75, 3.05) is 32.6 Å². The van der Waals surface area contributed by atoms with Gasteiger partial charge in [0.05, 0.1) is 11.4 Å². The molecule has 0 aromatic heterocycles. The number of alkyl halides is 1. The molecule has 1 heterocycles. The van der Waals surface area contributed by atoms with Crippen LogP contribution < -0.4 is 0 Å².